The molecule has 1 atom stereocenters. The van der Waals surface area contributed by atoms with Crippen LogP contribution in [0.1, 0.15) is 17.5 Å². The number of halogens is 1. The number of benzene rings is 1. The highest BCUT2D eigenvalue weighted by atomic mass is 35.5. The van der Waals surface area contributed by atoms with E-state index in [1.54, 1.807) is 0 Å². The van der Waals surface area contributed by atoms with Gasteiger partial charge >= 0.3 is 0 Å². The van der Waals surface area contributed by atoms with Gasteiger partial charge in [-0.15, -0.1) is 0 Å². The van der Waals surface area contributed by atoms with Crippen molar-refractivity contribution in [3.63, 3.8) is 0 Å². The highest BCUT2D eigenvalue weighted by Crippen LogP contribution is 2.18. The minimum absolute atomic E-state index is 0.0425. The fourth-order valence-corrected chi connectivity index (χ4v) is 2.36. The molecular weight excluding hydrogens is 290 g/mol. The summed E-state index contributed by atoms with van der Waals surface area (Å²) in [6.45, 7) is 3.04. The third kappa shape index (κ3) is 3.97. The van der Waals surface area contributed by atoms with Crippen LogP contribution in [0.25, 0.3) is 0 Å². The van der Waals surface area contributed by atoms with Crippen LogP contribution in [-0.4, -0.2) is 36.5 Å². The molecule has 0 saturated carbocycles. The zero-order chi connectivity index (χ0) is 14.5. The topological polar surface area (TPSA) is 59.2 Å². The lowest BCUT2D eigenvalue weighted by molar-refractivity contribution is 0.0250. The van der Waals surface area contributed by atoms with Gasteiger partial charge in [0.2, 0.25) is 0 Å². The fraction of sp³-hybridized carbons (Fsp3) is 0.400. The summed E-state index contributed by atoms with van der Waals surface area (Å²) < 4.78 is 11.3. The molecule has 1 aromatic carbocycles. The van der Waals surface area contributed by atoms with Gasteiger partial charge in [0.15, 0.2) is 0 Å². The standard InChI is InChI=1S/C15H18ClN3O2/c16-11-1-3-13(4-2-11)20-7-5-12-9-14(19-18-12)15-10-17-6-8-21-15/h1-4,9,15,17H,5-8,10H2,(H,18,19)/t15-/m1/s1. The third-order valence-corrected chi connectivity index (χ3v) is 3.61. The first-order valence-electron chi connectivity index (χ1n) is 7.06. The maximum Gasteiger partial charge on any atom is 0.119 e. The average molecular weight is 308 g/mol. The molecular formula is C15H18ClN3O2. The normalized spacial score (nSPS) is 18.6. The Morgan fingerprint density at radius 1 is 1.33 bits per heavy atom. The van der Waals surface area contributed by atoms with Crippen molar-refractivity contribution in [1.82, 2.24) is 15.5 Å². The Morgan fingerprint density at radius 3 is 2.95 bits per heavy atom. The quantitative estimate of drug-likeness (QED) is 0.890. The SMILES string of the molecule is Clc1ccc(OCCc2cc([C@H]3CNCCO3)n[nH]2)cc1. The van der Waals surface area contributed by atoms with E-state index < -0.39 is 0 Å². The maximum atomic E-state index is 5.83. The molecule has 2 aromatic rings. The van der Waals surface area contributed by atoms with Crippen molar-refractivity contribution in [2.75, 3.05) is 26.3 Å². The van der Waals surface area contributed by atoms with Gasteiger partial charge in [0.1, 0.15) is 11.9 Å². The summed E-state index contributed by atoms with van der Waals surface area (Å²) in [5, 5.41) is 11.4. The zero-order valence-corrected chi connectivity index (χ0v) is 12.4. The van der Waals surface area contributed by atoms with Gasteiger partial charge in [-0.1, -0.05) is 11.6 Å². The minimum Gasteiger partial charge on any atom is -0.493 e. The molecule has 1 aliphatic heterocycles. The molecule has 1 aliphatic rings. The largest absolute Gasteiger partial charge is 0.493 e. The van der Waals surface area contributed by atoms with Crippen LogP contribution < -0.4 is 10.1 Å². The molecule has 0 amide bonds. The summed E-state index contributed by atoms with van der Waals surface area (Å²) in [6, 6.07) is 9.41. The van der Waals surface area contributed by atoms with Gasteiger partial charge in [0.05, 0.1) is 18.9 Å². The van der Waals surface area contributed by atoms with Crippen LogP contribution in [-0.2, 0) is 11.2 Å². The third-order valence-electron chi connectivity index (χ3n) is 3.36. The van der Waals surface area contributed by atoms with E-state index in [2.05, 4.69) is 15.5 Å². The summed E-state index contributed by atoms with van der Waals surface area (Å²) in [7, 11) is 0. The second-order valence-corrected chi connectivity index (χ2v) is 5.37. The van der Waals surface area contributed by atoms with E-state index in [1.165, 1.54) is 0 Å². The van der Waals surface area contributed by atoms with E-state index in [9.17, 15) is 0 Å². The molecule has 1 fully saturated rings. The molecule has 1 saturated heterocycles. The molecule has 0 aliphatic carbocycles. The molecule has 2 heterocycles. The summed E-state index contributed by atoms with van der Waals surface area (Å²) in [5.41, 5.74) is 2.00. The number of rotatable bonds is 5. The number of ether oxygens (including phenoxy) is 2. The van der Waals surface area contributed by atoms with Crippen molar-refractivity contribution in [2.45, 2.75) is 12.5 Å². The Labute approximate surface area is 128 Å². The summed E-state index contributed by atoms with van der Waals surface area (Å²) >= 11 is 5.83. The van der Waals surface area contributed by atoms with Gasteiger partial charge in [0, 0.05) is 30.2 Å². The lowest BCUT2D eigenvalue weighted by Gasteiger charge is -2.21. The highest BCUT2D eigenvalue weighted by Gasteiger charge is 2.18. The van der Waals surface area contributed by atoms with Gasteiger partial charge in [-0.05, 0) is 30.3 Å². The average Bonchev–Trinajstić information content (AvgIpc) is 2.99. The fourth-order valence-electron chi connectivity index (χ4n) is 2.24. The van der Waals surface area contributed by atoms with Gasteiger partial charge in [0.25, 0.3) is 0 Å². The van der Waals surface area contributed by atoms with Crippen LogP contribution in [0.2, 0.25) is 5.02 Å². The first-order chi connectivity index (χ1) is 10.3. The van der Waals surface area contributed by atoms with Crippen LogP contribution in [0.5, 0.6) is 5.75 Å². The van der Waals surface area contributed by atoms with Gasteiger partial charge in [-0.25, -0.2) is 0 Å². The van der Waals surface area contributed by atoms with Crippen molar-refractivity contribution in [1.29, 1.82) is 0 Å². The summed E-state index contributed by atoms with van der Waals surface area (Å²) in [5.74, 6) is 0.818. The molecule has 1 aromatic heterocycles. The van der Waals surface area contributed by atoms with E-state index in [1.807, 2.05) is 30.3 Å². The Kier molecular flexibility index (Phi) is 4.75. The first-order valence-corrected chi connectivity index (χ1v) is 7.44. The number of hydrogen-bond donors (Lipinski definition) is 2. The Bertz CT molecular complexity index is 565. The van der Waals surface area contributed by atoms with E-state index >= 15 is 0 Å². The predicted octanol–water partition coefficient (Wildman–Crippen LogP) is 2.35. The highest BCUT2D eigenvalue weighted by molar-refractivity contribution is 6.30. The van der Waals surface area contributed by atoms with Crippen molar-refractivity contribution in [2.24, 2.45) is 0 Å². The molecule has 0 bridgehead atoms. The molecule has 3 rings (SSSR count). The van der Waals surface area contributed by atoms with E-state index in [-0.39, 0.29) is 6.10 Å². The van der Waals surface area contributed by atoms with Crippen molar-refractivity contribution in [3.8, 4) is 5.75 Å². The lowest BCUT2D eigenvalue weighted by Crippen LogP contribution is -2.33. The summed E-state index contributed by atoms with van der Waals surface area (Å²) in [6.07, 6.45) is 0.816. The van der Waals surface area contributed by atoms with E-state index in [0.717, 1.165) is 43.3 Å². The molecule has 5 nitrogen and oxygen atoms in total. The van der Waals surface area contributed by atoms with Gasteiger partial charge < -0.3 is 14.8 Å². The molecule has 6 heteroatoms. The molecule has 21 heavy (non-hydrogen) atoms. The van der Waals surface area contributed by atoms with E-state index in [4.69, 9.17) is 21.1 Å². The molecule has 112 valence electrons. The Balaban J connectivity index is 1.49. The number of nitrogens with zero attached hydrogens (tertiary/aromatic N) is 1. The molecule has 0 radical (unpaired) electrons. The van der Waals surface area contributed by atoms with Crippen LogP contribution in [0.3, 0.4) is 0 Å². The Morgan fingerprint density at radius 2 is 2.19 bits per heavy atom. The predicted molar refractivity (Wildman–Crippen MR) is 80.8 cm³/mol. The molecule has 0 unspecified atom stereocenters. The zero-order valence-electron chi connectivity index (χ0n) is 11.6. The monoisotopic (exact) mass is 307 g/mol. The summed E-state index contributed by atoms with van der Waals surface area (Å²) in [4.78, 5) is 0. The number of aromatic amines is 1. The van der Waals surface area contributed by atoms with Gasteiger partial charge in [-0.3, -0.25) is 5.10 Å². The smallest absolute Gasteiger partial charge is 0.119 e. The van der Waals surface area contributed by atoms with E-state index in [0.29, 0.717) is 11.6 Å². The first kappa shape index (κ1) is 14.4. The number of aromatic nitrogens is 2. The number of hydrogen-bond acceptors (Lipinski definition) is 4. The van der Waals surface area contributed by atoms with Crippen LogP contribution in [0.4, 0.5) is 0 Å². The lowest BCUT2D eigenvalue weighted by atomic mass is 10.2. The van der Waals surface area contributed by atoms with Crippen LogP contribution in [0, 0.1) is 0 Å². The Hall–Kier alpha value is -1.56. The minimum atomic E-state index is 0.0425. The number of H-pyrrole nitrogens is 1. The second-order valence-electron chi connectivity index (χ2n) is 4.93. The second kappa shape index (κ2) is 6.93. The number of nitrogens with one attached hydrogen (secondary N) is 2. The van der Waals surface area contributed by atoms with Crippen molar-refractivity contribution < 1.29 is 9.47 Å². The molecule has 2 N–H and O–H groups in total. The van der Waals surface area contributed by atoms with Crippen LogP contribution in [0.15, 0.2) is 30.3 Å². The van der Waals surface area contributed by atoms with Crippen LogP contribution >= 0.6 is 11.6 Å². The van der Waals surface area contributed by atoms with Crippen molar-refractivity contribution in [3.05, 3.63) is 46.7 Å². The van der Waals surface area contributed by atoms with Gasteiger partial charge in [-0.2, -0.15) is 5.10 Å². The molecule has 0 spiro atoms. The maximum absolute atomic E-state index is 5.83. The van der Waals surface area contributed by atoms with Crippen molar-refractivity contribution >= 4 is 11.6 Å². The number of morpholine rings is 1.